The Kier molecular flexibility index (Phi) is 6.39. The quantitative estimate of drug-likeness (QED) is 0.370. The molecule has 3 rings (SSSR count). The van der Waals surface area contributed by atoms with Gasteiger partial charge < -0.3 is 15.6 Å². The van der Waals surface area contributed by atoms with E-state index >= 15 is 0 Å². The molecule has 2 aromatic heterocycles. The molecule has 146 valence electrons. The van der Waals surface area contributed by atoms with Crippen molar-refractivity contribution in [3.05, 3.63) is 56.6 Å². The van der Waals surface area contributed by atoms with E-state index in [9.17, 15) is 9.59 Å². The third kappa shape index (κ3) is 4.38. The van der Waals surface area contributed by atoms with Crippen molar-refractivity contribution in [2.45, 2.75) is 19.8 Å². The maximum Gasteiger partial charge on any atom is 0.251 e. The van der Waals surface area contributed by atoms with Crippen molar-refractivity contribution in [3.8, 4) is 11.3 Å². The van der Waals surface area contributed by atoms with Gasteiger partial charge in [0.15, 0.2) is 0 Å². The number of benzene rings is 1. The predicted octanol–water partition coefficient (Wildman–Crippen LogP) is 5.25. The number of hydrogen-bond acceptors (Lipinski definition) is 6. The number of ketones is 1. The van der Waals surface area contributed by atoms with E-state index < -0.39 is 5.91 Å². The van der Waals surface area contributed by atoms with Crippen LogP contribution in [0.3, 0.4) is 0 Å². The third-order valence-electron chi connectivity index (χ3n) is 3.99. The Hall–Kier alpha value is -2.35. The number of aromatic nitrogens is 1. The van der Waals surface area contributed by atoms with Crippen LogP contribution < -0.4 is 11.1 Å². The molecule has 3 N–H and O–H groups in total. The lowest BCUT2D eigenvalue weighted by Crippen LogP contribution is -2.13. The molecular formula is C19H17Cl2N3O3S. The highest BCUT2D eigenvalue weighted by atomic mass is 35.5. The molecule has 0 spiro atoms. The standard InChI is InChI=1S/C19H17Cl2N3O3S/c1-2-3-6-23-19-11(18(22)26)8-16(28-19)17(25)15-9-14(24-27-15)10-4-5-12(20)13(21)7-10/h4-5,7-9,23H,2-3,6H2,1H3,(H2,22,26). The topological polar surface area (TPSA) is 98.2 Å². The zero-order valence-corrected chi connectivity index (χ0v) is 17.2. The van der Waals surface area contributed by atoms with Crippen LogP contribution in [0, 0.1) is 0 Å². The van der Waals surface area contributed by atoms with E-state index in [0.717, 1.165) is 24.2 Å². The van der Waals surface area contributed by atoms with E-state index in [2.05, 4.69) is 17.4 Å². The van der Waals surface area contributed by atoms with Gasteiger partial charge in [0.05, 0.1) is 20.5 Å². The zero-order chi connectivity index (χ0) is 20.3. The normalized spacial score (nSPS) is 10.8. The molecular weight excluding hydrogens is 421 g/mol. The number of nitrogens with zero attached hydrogens (tertiary/aromatic N) is 1. The zero-order valence-electron chi connectivity index (χ0n) is 14.9. The number of amides is 1. The van der Waals surface area contributed by atoms with Crippen LogP contribution in [0.4, 0.5) is 5.00 Å². The first-order valence-corrected chi connectivity index (χ1v) is 10.1. The van der Waals surface area contributed by atoms with Crippen LogP contribution in [0.2, 0.25) is 10.0 Å². The summed E-state index contributed by atoms with van der Waals surface area (Å²) in [6, 6.07) is 8.01. The molecule has 28 heavy (non-hydrogen) atoms. The Morgan fingerprint density at radius 2 is 2.00 bits per heavy atom. The van der Waals surface area contributed by atoms with Gasteiger partial charge >= 0.3 is 0 Å². The SMILES string of the molecule is CCCCNc1sc(C(=O)c2cc(-c3ccc(Cl)c(Cl)c3)no2)cc1C(N)=O. The molecule has 0 radical (unpaired) electrons. The lowest BCUT2D eigenvalue weighted by Gasteiger charge is -2.03. The summed E-state index contributed by atoms with van der Waals surface area (Å²) in [5, 5.41) is 8.46. The molecule has 6 nitrogen and oxygen atoms in total. The Bertz CT molecular complexity index is 1030. The van der Waals surface area contributed by atoms with Crippen LogP contribution in [0.15, 0.2) is 34.9 Å². The lowest BCUT2D eigenvalue weighted by molar-refractivity contribution is 0.1000. The Morgan fingerprint density at radius 1 is 1.21 bits per heavy atom. The molecule has 0 saturated heterocycles. The maximum atomic E-state index is 12.8. The summed E-state index contributed by atoms with van der Waals surface area (Å²) in [7, 11) is 0. The molecule has 0 aliphatic carbocycles. The van der Waals surface area contributed by atoms with Crippen LogP contribution in [-0.4, -0.2) is 23.4 Å². The molecule has 9 heteroatoms. The van der Waals surface area contributed by atoms with Crippen molar-refractivity contribution in [2.75, 3.05) is 11.9 Å². The number of carbonyl (C=O) groups excluding carboxylic acids is 2. The van der Waals surface area contributed by atoms with E-state index in [1.54, 1.807) is 18.2 Å². The summed E-state index contributed by atoms with van der Waals surface area (Å²) in [5.41, 5.74) is 6.84. The Morgan fingerprint density at radius 3 is 2.68 bits per heavy atom. The molecule has 1 aromatic carbocycles. The molecule has 0 aliphatic heterocycles. The van der Waals surface area contributed by atoms with E-state index in [1.165, 1.54) is 12.1 Å². The third-order valence-corrected chi connectivity index (χ3v) is 5.82. The summed E-state index contributed by atoms with van der Waals surface area (Å²) in [4.78, 5) is 24.8. The minimum Gasteiger partial charge on any atom is -0.376 e. The van der Waals surface area contributed by atoms with Gasteiger partial charge in [-0.25, -0.2) is 0 Å². The van der Waals surface area contributed by atoms with Crippen LogP contribution in [-0.2, 0) is 0 Å². The van der Waals surface area contributed by atoms with Gasteiger partial charge in [0.2, 0.25) is 11.5 Å². The molecule has 1 amide bonds. The molecule has 0 fully saturated rings. The van der Waals surface area contributed by atoms with Crippen molar-refractivity contribution < 1.29 is 14.1 Å². The van der Waals surface area contributed by atoms with Gasteiger partial charge in [-0.15, -0.1) is 11.3 Å². The van der Waals surface area contributed by atoms with Gasteiger partial charge in [0, 0.05) is 18.2 Å². The highest BCUT2D eigenvalue weighted by Gasteiger charge is 2.22. The molecule has 0 bridgehead atoms. The first-order valence-electron chi connectivity index (χ1n) is 8.55. The number of nitrogens with one attached hydrogen (secondary N) is 1. The number of hydrogen-bond donors (Lipinski definition) is 2. The number of halogens is 2. The van der Waals surface area contributed by atoms with Crippen molar-refractivity contribution in [3.63, 3.8) is 0 Å². The summed E-state index contributed by atoms with van der Waals surface area (Å²) in [6.45, 7) is 2.75. The fourth-order valence-corrected chi connectivity index (χ4v) is 3.82. The van der Waals surface area contributed by atoms with Gasteiger partial charge in [-0.1, -0.05) is 47.8 Å². The van der Waals surface area contributed by atoms with E-state index in [-0.39, 0.29) is 17.1 Å². The Labute approximate surface area is 175 Å². The second-order valence-electron chi connectivity index (χ2n) is 6.03. The monoisotopic (exact) mass is 437 g/mol. The molecule has 0 atom stereocenters. The summed E-state index contributed by atoms with van der Waals surface area (Å²) >= 11 is 13.1. The van der Waals surface area contributed by atoms with E-state index in [4.69, 9.17) is 33.5 Å². The molecule has 0 saturated carbocycles. The van der Waals surface area contributed by atoms with Gasteiger partial charge in [-0.2, -0.15) is 0 Å². The predicted molar refractivity (Wildman–Crippen MR) is 112 cm³/mol. The molecule has 2 heterocycles. The number of rotatable bonds is 8. The second-order valence-corrected chi connectivity index (χ2v) is 7.90. The van der Waals surface area contributed by atoms with Crippen molar-refractivity contribution >= 4 is 51.2 Å². The molecule has 0 aliphatic rings. The number of nitrogens with two attached hydrogens (primary N) is 1. The van der Waals surface area contributed by atoms with Crippen molar-refractivity contribution in [2.24, 2.45) is 5.73 Å². The Balaban J connectivity index is 1.86. The minimum atomic E-state index is -0.594. The van der Waals surface area contributed by atoms with E-state index in [0.29, 0.717) is 37.7 Å². The lowest BCUT2D eigenvalue weighted by atomic mass is 10.1. The van der Waals surface area contributed by atoms with Crippen LogP contribution in [0.1, 0.15) is 45.6 Å². The summed E-state index contributed by atoms with van der Waals surface area (Å²) in [5.74, 6) is -0.920. The number of unbranched alkanes of at least 4 members (excludes halogenated alkanes) is 1. The maximum absolute atomic E-state index is 12.8. The van der Waals surface area contributed by atoms with Crippen LogP contribution >= 0.6 is 34.5 Å². The number of carbonyl (C=O) groups is 2. The number of anilines is 1. The smallest absolute Gasteiger partial charge is 0.251 e. The van der Waals surface area contributed by atoms with Gasteiger partial charge in [0.25, 0.3) is 5.91 Å². The number of thiophene rings is 1. The fraction of sp³-hybridized carbons (Fsp3) is 0.211. The van der Waals surface area contributed by atoms with Gasteiger partial charge in [-0.05, 0) is 24.6 Å². The average Bonchev–Trinajstić information content (AvgIpc) is 3.31. The molecule has 0 unspecified atom stereocenters. The van der Waals surface area contributed by atoms with Gasteiger partial charge in [0.1, 0.15) is 10.7 Å². The van der Waals surface area contributed by atoms with Gasteiger partial charge in [-0.3, -0.25) is 9.59 Å². The average molecular weight is 438 g/mol. The van der Waals surface area contributed by atoms with Crippen molar-refractivity contribution in [1.29, 1.82) is 0 Å². The molecule has 3 aromatic rings. The highest BCUT2D eigenvalue weighted by molar-refractivity contribution is 7.18. The first kappa shape index (κ1) is 20.4. The summed E-state index contributed by atoms with van der Waals surface area (Å²) < 4.78 is 5.21. The fourth-order valence-electron chi connectivity index (χ4n) is 2.49. The second kappa shape index (κ2) is 8.77. The first-order chi connectivity index (χ1) is 13.4. The highest BCUT2D eigenvalue weighted by Crippen LogP contribution is 2.32. The minimum absolute atomic E-state index is 0.0541. The largest absolute Gasteiger partial charge is 0.376 e. The number of primary amides is 1. The summed E-state index contributed by atoms with van der Waals surface area (Å²) in [6.07, 6.45) is 1.94. The van der Waals surface area contributed by atoms with Crippen molar-refractivity contribution in [1.82, 2.24) is 5.16 Å². The van der Waals surface area contributed by atoms with E-state index in [1.807, 2.05) is 0 Å². The van der Waals surface area contributed by atoms with Crippen LogP contribution in [0.5, 0.6) is 0 Å². The van der Waals surface area contributed by atoms with Crippen LogP contribution in [0.25, 0.3) is 11.3 Å².